The molecule has 2 aliphatic heterocycles. The van der Waals surface area contributed by atoms with Crippen LogP contribution in [0.4, 0.5) is 5.69 Å². The molecule has 0 atom stereocenters. The number of aromatic nitrogens is 2. The number of rotatable bonds is 4. The number of amides is 2. The lowest BCUT2D eigenvalue weighted by Gasteiger charge is -2.37. The lowest BCUT2D eigenvalue weighted by Crippen LogP contribution is -2.55. The number of carbonyl (C=O) groups excluding carboxylic acids is 2. The van der Waals surface area contributed by atoms with Crippen LogP contribution < -0.4 is 10.5 Å². The Labute approximate surface area is 158 Å². The molecule has 0 aromatic carbocycles. The van der Waals surface area contributed by atoms with Crippen molar-refractivity contribution in [1.29, 1.82) is 0 Å². The van der Waals surface area contributed by atoms with E-state index in [0.717, 1.165) is 44.5 Å². The maximum atomic E-state index is 12.6. The van der Waals surface area contributed by atoms with Crippen molar-refractivity contribution >= 4 is 17.5 Å². The third-order valence-electron chi connectivity index (χ3n) is 5.99. The van der Waals surface area contributed by atoms with E-state index in [1.54, 1.807) is 17.2 Å². The Hall–Kier alpha value is -2.38. The van der Waals surface area contributed by atoms with Crippen LogP contribution >= 0.6 is 0 Å². The van der Waals surface area contributed by atoms with Crippen LogP contribution in [0.25, 0.3) is 0 Å². The minimum Gasteiger partial charge on any atom is -0.370 e. The molecule has 0 N–H and O–H groups in total. The normalized spacial score (nSPS) is 21.3. The maximum absolute atomic E-state index is 12.6. The average molecular weight is 373 g/mol. The number of hydrogen-bond donors (Lipinski definition) is 0. The van der Waals surface area contributed by atoms with Crippen LogP contribution in [-0.2, 0) is 16.1 Å². The van der Waals surface area contributed by atoms with Gasteiger partial charge in [0.1, 0.15) is 6.54 Å². The third kappa shape index (κ3) is 3.84. The Kier molecular flexibility index (Phi) is 5.13. The molecule has 0 bridgehead atoms. The van der Waals surface area contributed by atoms with Crippen LogP contribution in [0, 0.1) is 0 Å². The van der Waals surface area contributed by atoms with E-state index in [1.807, 2.05) is 4.90 Å². The quantitative estimate of drug-likeness (QED) is 0.766. The summed E-state index contributed by atoms with van der Waals surface area (Å²) in [4.78, 5) is 43.0. The van der Waals surface area contributed by atoms with Crippen molar-refractivity contribution in [1.82, 2.24) is 19.6 Å². The maximum Gasteiger partial charge on any atom is 0.269 e. The van der Waals surface area contributed by atoms with Gasteiger partial charge in [-0.3, -0.25) is 14.4 Å². The first kappa shape index (κ1) is 18.0. The molecule has 1 aromatic rings. The highest BCUT2D eigenvalue weighted by Crippen LogP contribution is 2.25. The van der Waals surface area contributed by atoms with E-state index in [2.05, 4.69) is 10.00 Å². The Morgan fingerprint density at radius 3 is 2.44 bits per heavy atom. The van der Waals surface area contributed by atoms with E-state index in [9.17, 15) is 14.4 Å². The number of anilines is 1. The molecule has 0 unspecified atom stereocenters. The molecule has 8 nitrogen and oxygen atoms in total. The molecule has 3 heterocycles. The van der Waals surface area contributed by atoms with Crippen LogP contribution in [0.5, 0.6) is 0 Å². The molecule has 146 valence electrons. The third-order valence-corrected chi connectivity index (χ3v) is 5.99. The number of nitrogens with zero attached hydrogens (tertiary/aromatic N) is 5. The van der Waals surface area contributed by atoms with Gasteiger partial charge >= 0.3 is 0 Å². The molecule has 3 fully saturated rings. The van der Waals surface area contributed by atoms with E-state index >= 15 is 0 Å². The SMILES string of the molecule is O=C(Cn1ncc(N2CCCC2)cc1=O)N1CCN(C2CCCC2)C(=O)C1. The molecule has 0 spiro atoms. The number of piperazine rings is 1. The van der Waals surface area contributed by atoms with E-state index < -0.39 is 0 Å². The van der Waals surface area contributed by atoms with Gasteiger partial charge in [-0.2, -0.15) is 5.10 Å². The van der Waals surface area contributed by atoms with Crippen molar-refractivity contribution in [3.63, 3.8) is 0 Å². The predicted molar refractivity (Wildman–Crippen MR) is 100 cm³/mol. The van der Waals surface area contributed by atoms with Gasteiger partial charge in [-0.25, -0.2) is 4.68 Å². The second kappa shape index (κ2) is 7.70. The number of hydrogen-bond acceptors (Lipinski definition) is 5. The van der Waals surface area contributed by atoms with Crippen molar-refractivity contribution in [2.45, 2.75) is 51.1 Å². The van der Waals surface area contributed by atoms with E-state index in [-0.39, 0.29) is 30.5 Å². The molecule has 1 saturated carbocycles. The first-order chi connectivity index (χ1) is 13.1. The van der Waals surface area contributed by atoms with Gasteiger partial charge in [0.15, 0.2) is 0 Å². The van der Waals surface area contributed by atoms with Gasteiger partial charge in [0.2, 0.25) is 11.8 Å². The summed E-state index contributed by atoms with van der Waals surface area (Å²) in [5.41, 5.74) is 0.547. The van der Waals surface area contributed by atoms with Gasteiger partial charge in [-0.15, -0.1) is 0 Å². The summed E-state index contributed by atoms with van der Waals surface area (Å²) in [5.74, 6) is -0.205. The van der Waals surface area contributed by atoms with Crippen LogP contribution in [-0.4, -0.2) is 70.2 Å². The fourth-order valence-corrected chi connectivity index (χ4v) is 4.42. The molecule has 2 amide bonds. The predicted octanol–water partition coefficient (Wildman–Crippen LogP) is 0.457. The second-order valence-corrected chi connectivity index (χ2v) is 7.74. The fraction of sp³-hybridized carbons (Fsp3) is 0.684. The summed E-state index contributed by atoms with van der Waals surface area (Å²) in [5, 5.41) is 4.17. The second-order valence-electron chi connectivity index (χ2n) is 7.74. The molecule has 2 saturated heterocycles. The molecule has 3 aliphatic rings. The summed E-state index contributed by atoms with van der Waals surface area (Å²) >= 11 is 0. The largest absolute Gasteiger partial charge is 0.370 e. The van der Waals surface area contributed by atoms with Crippen LogP contribution in [0.2, 0.25) is 0 Å². The van der Waals surface area contributed by atoms with Crippen molar-refractivity contribution < 1.29 is 9.59 Å². The van der Waals surface area contributed by atoms with Gasteiger partial charge in [0, 0.05) is 38.3 Å². The summed E-state index contributed by atoms with van der Waals surface area (Å²) in [6.07, 6.45) is 8.41. The molecule has 27 heavy (non-hydrogen) atoms. The van der Waals surface area contributed by atoms with Crippen molar-refractivity contribution in [2.24, 2.45) is 0 Å². The molecular formula is C19H27N5O3. The summed E-state index contributed by atoms with van der Waals surface area (Å²) < 4.78 is 1.19. The zero-order valence-corrected chi connectivity index (χ0v) is 15.7. The summed E-state index contributed by atoms with van der Waals surface area (Å²) in [6.45, 7) is 2.99. The Morgan fingerprint density at radius 1 is 1.04 bits per heavy atom. The first-order valence-electron chi connectivity index (χ1n) is 10.0. The fourth-order valence-electron chi connectivity index (χ4n) is 4.42. The van der Waals surface area contributed by atoms with Gasteiger partial charge in [0.25, 0.3) is 5.56 Å². The Bertz CT molecular complexity index is 765. The highest BCUT2D eigenvalue weighted by Gasteiger charge is 2.33. The lowest BCUT2D eigenvalue weighted by atomic mass is 10.1. The zero-order valence-electron chi connectivity index (χ0n) is 15.7. The molecule has 1 aliphatic carbocycles. The summed E-state index contributed by atoms with van der Waals surface area (Å²) in [7, 11) is 0. The molecular weight excluding hydrogens is 346 g/mol. The first-order valence-corrected chi connectivity index (χ1v) is 10.0. The van der Waals surface area contributed by atoms with Crippen molar-refractivity contribution in [3.8, 4) is 0 Å². The Balaban J connectivity index is 1.36. The van der Waals surface area contributed by atoms with Gasteiger partial charge in [0.05, 0.1) is 18.4 Å². The molecule has 1 aromatic heterocycles. The summed E-state index contributed by atoms with van der Waals surface area (Å²) in [6, 6.07) is 1.89. The van der Waals surface area contributed by atoms with Crippen molar-refractivity contribution in [3.05, 3.63) is 22.6 Å². The minimum atomic E-state index is -0.274. The molecule has 8 heteroatoms. The average Bonchev–Trinajstić information content (AvgIpc) is 3.37. The number of carbonyl (C=O) groups is 2. The van der Waals surface area contributed by atoms with Crippen LogP contribution in [0.1, 0.15) is 38.5 Å². The van der Waals surface area contributed by atoms with Crippen LogP contribution in [0.15, 0.2) is 17.1 Å². The highest BCUT2D eigenvalue weighted by atomic mass is 16.2. The van der Waals surface area contributed by atoms with Gasteiger partial charge in [-0.05, 0) is 25.7 Å². The van der Waals surface area contributed by atoms with Crippen molar-refractivity contribution in [2.75, 3.05) is 37.6 Å². The standard InChI is InChI=1S/C19H27N5O3/c25-17-11-16(21-7-3-4-8-21)12-20-24(17)14-18(26)22-9-10-23(19(27)13-22)15-5-1-2-6-15/h11-12,15H,1-10,13-14H2. The Morgan fingerprint density at radius 2 is 1.78 bits per heavy atom. The minimum absolute atomic E-state index is 0.0196. The van der Waals surface area contributed by atoms with E-state index in [1.165, 1.54) is 17.5 Å². The monoisotopic (exact) mass is 373 g/mol. The lowest BCUT2D eigenvalue weighted by molar-refractivity contribution is -0.147. The van der Waals surface area contributed by atoms with E-state index in [4.69, 9.17) is 0 Å². The highest BCUT2D eigenvalue weighted by molar-refractivity contribution is 5.86. The topological polar surface area (TPSA) is 78.8 Å². The molecule has 0 radical (unpaired) electrons. The zero-order chi connectivity index (χ0) is 18.8. The van der Waals surface area contributed by atoms with Crippen LogP contribution in [0.3, 0.4) is 0 Å². The van der Waals surface area contributed by atoms with E-state index in [0.29, 0.717) is 19.1 Å². The molecule has 4 rings (SSSR count). The van der Waals surface area contributed by atoms with Gasteiger partial charge in [-0.1, -0.05) is 12.8 Å². The van der Waals surface area contributed by atoms with Gasteiger partial charge < -0.3 is 14.7 Å². The smallest absolute Gasteiger partial charge is 0.269 e.